The zero-order chi connectivity index (χ0) is 13.0. The zero-order valence-corrected chi connectivity index (χ0v) is 11.4. The summed E-state index contributed by atoms with van der Waals surface area (Å²) in [6.07, 6.45) is 3.28. The van der Waals surface area contributed by atoms with Gasteiger partial charge in [-0.15, -0.1) is 0 Å². The Morgan fingerprint density at radius 3 is 3.00 bits per heavy atom. The molecular formula is C14H22N2O2. The number of hydrogen-bond acceptors (Lipinski definition) is 4. The quantitative estimate of drug-likeness (QED) is 0.818. The molecule has 18 heavy (non-hydrogen) atoms. The highest BCUT2D eigenvalue weighted by atomic mass is 16.5. The second kappa shape index (κ2) is 6.16. The van der Waals surface area contributed by atoms with E-state index in [4.69, 9.17) is 9.47 Å². The molecule has 4 heteroatoms. The van der Waals surface area contributed by atoms with Crippen molar-refractivity contribution in [3.8, 4) is 5.88 Å². The lowest BCUT2D eigenvalue weighted by Gasteiger charge is -2.36. The van der Waals surface area contributed by atoms with Gasteiger partial charge in [0.2, 0.25) is 5.88 Å². The minimum absolute atomic E-state index is 0.335. The first-order valence-electron chi connectivity index (χ1n) is 6.47. The summed E-state index contributed by atoms with van der Waals surface area (Å²) in [5.74, 6) is 1.37. The molecule has 0 N–H and O–H groups in total. The summed E-state index contributed by atoms with van der Waals surface area (Å²) in [6, 6.07) is 4.03. The highest BCUT2D eigenvalue weighted by Gasteiger charge is 2.26. The smallest absolute Gasteiger partial charge is 0.217 e. The van der Waals surface area contributed by atoms with E-state index in [1.165, 1.54) is 6.42 Å². The second-order valence-corrected chi connectivity index (χ2v) is 4.95. The third kappa shape index (κ3) is 3.00. The Balaban J connectivity index is 2.01. The van der Waals surface area contributed by atoms with Crippen LogP contribution in [-0.2, 0) is 11.3 Å². The Kier molecular flexibility index (Phi) is 4.55. The molecule has 1 fully saturated rings. The van der Waals surface area contributed by atoms with Crippen LogP contribution in [0.2, 0.25) is 0 Å². The van der Waals surface area contributed by atoms with Crippen molar-refractivity contribution >= 4 is 0 Å². The van der Waals surface area contributed by atoms with E-state index in [1.807, 2.05) is 6.07 Å². The van der Waals surface area contributed by atoms with Crippen molar-refractivity contribution < 1.29 is 9.47 Å². The number of nitrogens with zero attached hydrogens (tertiary/aromatic N) is 2. The van der Waals surface area contributed by atoms with E-state index in [0.717, 1.165) is 31.1 Å². The molecule has 100 valence electrons. The number of likely N-dealkylation sites (tertiary alicyclic amines) is 1. The van der Waals surface area contributed by atoms with Crippen LogP contribution in [-0.4, -0.2) is 43.3 Å². The molecule has 1 saturated heterocycles. The summed E-state index contributed by atoms with van der Waals surface area (Å²) in [5.41, 5.74) is 1.14. The van der Waals surface area contributed by atoms with Crippen LogP contribution >= 0.6 is 0 Å². The van der Waals surface area contributed by atoms with Gasteiger partial charge < -0.3 is 9.47 Å². The van der Waals surface area contributed by atoms with Gasteiger partial charge in [0, 0.05) is 32.0 Å². The normalized spacial score (nSPS) is 25.1. The maximum atomic E-state index is 5.54. The van der Waals surface area contributed by atoms with Crippen molar-refractivity contribution in [1.29, 1.82) is 0 Å². The Morgan fingerprint density at radius 2 is 2.28 bits per heavy atom. The molecule has 4 nitrogen and oxygen atoms in total. The maximum Gasteiger partial charge on any atom is 0.217 e. The molecule has 2 heterocycles. The number of ether oxygens (including phenoxy) is 2. The molecule has 2 atom stereocenters. The molecule has 1 aromatic rings. The van der Waals surface area contributed by atoms with Crippen LogP contribution in [0.4, 0.5) is 0 Å². The second-order valence-electron chi connectivity index (χ2n) is 4.95. The lowest BCUT2D eigenvalue weighted by molar-refractivity contribution is -0.00766. The average Bonchev–Trinajstić information content (AvgIpc) is 2.41. The van der Waals surface area contributed by atoms with Crippen molar-refractivity contribution in [3.63, 3.8) is 0 Å². The van der Waals surface area contributed by atoms with Crippen molar-refractivity contribution in [1.82, 2.24) is 9.88 Å². The molecule has 1 aliphatic rings. The van der Waals surface area contributed by atoms with Gasteiger partial charge in [0.1, 0.15) is 0 Å². The summed E-state index contributed by atoms with van der Waals surface area (Å²) in [5, 5.41) is 0. The molecule has 0 unspecified atom stereocenters. The van der Waals surface area contributed by atoms with E-state index in [9.17, 15) is 0 Å². The Bertz CT molecular complexity index is 384. The standard InChI is InChI=1S/C14H22N2O2/c1-11-6-8-16(10-13(11)17-2)9-12-5-4-7-15-14(12)18-3/h4-5,7,11,13H,6,8-10H2,1-3H3/t11-,13-/m1/s1. The minimum atomic E-state index is 0.335. The summed E-state index contributed by atoms with van der Waals surface area (Å²) >= 11 is 0. The fourth-order valence-corrected chi connectivity index (χ4v) is 2.52. The first-order chi connectivity index (χ1) is 8.74. The lowest BCUT2D eigenvalue weighted by Crippen LogP contribution is -2.43. The zero-order valence-electron chi connectivity index (χ0n) is 11.4. The van der Waals surface area contributed by atoms with E-state index in [1.54, 1.807) is 20.4 Å². The minimum Gasteiger partial charge on any atom is -0.481 e. The van der Waals surface area contributed by atoms with Crippen molar-refractivity contribution in [2.24, 2.45) is 5.92 Å². The number of rotatable bonds is 4. The van der Waals surface area contributed by atoms with E-state index >= 15 is 0 Å². The van der Waals surface area contributed by atoms with Gasteiger partial charge in [-0.3, -0.25) is 4.90 Å². The number of hydrogen-bond donors (Lipinski definition) is 0. The van der Waals surface area contributed by atoms with Crippen LogP contribution in [0.5, 0.6) is 5.88 Å². The molecule has 0 radical (unpaired) electrons. The summed E-state index contributed by atoms with van der Waals surface area (Å²) in [7, 11) is 3.47. The van der Waals surface area contributed by atoms with Gasteiger partial charge in [0.05, 0.1) is 13.2 Å². The van der Waals surface area contributed by atoms with Crippen LogP contribution in [0.1, 0.15) is 18.9 Å². The fourth-order valence-electron chi connectivity index (χ4n) is 2.52. The molecule has 0 amide bonds. The van der Waals surface area contributed by atoms with Gasteiger partial charge in [-0.2, -0.15) is 0 Å². The highest BCUT2D eigenvalue weighted by molar-refractivity contribution is 5.25. The van der Waals surface area contributed by atoms with Gasteiger partial charge in [0.25, 0.3) is 0 Å². The van der Waals surface area contributed by atoms with Crippen LogP contribution in [0.3, 0.4) is 0 Å². The Labute approximate surface area is 109 Å². The first-order valence-corrected chi connectivity index (χ1v) is 6.47. The largest absolute Gasteiger partial charge is 0.481 e. The Morgan fingerprint density at radius 1 is 1.44 bits per heavy atom. The Hall–Kier alpha value is -1.13. The van der Waals surface area contributed by atoms with E-state index in [-0.39, 0.29) is 0 Å². The van der Waals surface area contributed by atoms with Gasteiger partial charge >= 0.3 is 0 Å². The van der Waals surface area contributed by atoms with Crippen LogP contribution in [0.15, 0.2) is 18.3 Å². The number of methoxy groups -OCH3 is 2. The molecule has 1 aliphatic heterocycles. The summed E-state index contributed by atoms with van der Waals surface area (Å²) < 4.78 is 10.8. The molecule has 0 aromatic carbocycles. The van der Waals surface area contributed by atoms with E-state index in [2.05, 4.69) is 22.9 Å². The molecule has 2 rings (SSSR count). The average molecular weight is 250 g/mol. The summed E-state index contributed by atoms with van der Waals surface area (Å²) in [4.78, 5) is 6.65. The van der Waals surface area contributed by atoms with Gasteiger partial charge in [-0.1, -0.05) is 13.0 Å². The fraction of sp³-hybridized carbons (Fsp3) is 0.643. The van der Waals surface area contributed by atoms with Crippen molar-refractivity contribution in [2.45, 2.75) is 26.0 Å². The first kappa shape index (κ1) is 13.3. The molecule has 0 aliphatic carbocycles. The highest BCUT2D eigenvalue weighted by Crippen LogP contribution is 2.23. The van der Waals surface area contributed by atoms with Gasteiger partial charge in [0.15, 0.2) is 0 Å². The number of aromatic nitrogens is 1. The molecule has 0 saturated carbocycles. The van der Waals surface area contributed by atoms with Crippen LogP contribution in [0.25, 0.3) is 0 Å². The molecular weight excluding hydrogens is 228 g/mol. The number of piperidine rings is 1. The predicted octanol–water partition coefficient (Wildman–Crippen LogP) is 1.95. The van der Waals surface area contributed by atoms with Crippen molar-refractivity contribution in [2.75, 3.05) is 27.3 Å². The van der Waals surface area contributed by atoms with E-state index < -0.39 is 0 Å². The topological polar surface area (TPSA) is 34.6 Å². The summed E-state index contributed by atoms with van der Waals surface area (Å²) in [6.45, 7) is 5.23. The lowest BCUT2D eigenvalue weighted by atomic mass is 9.95. The van der Waals surface area contributed by atoms with E-state index in [0.29, 0.717) is 12.0 Å². The third-order valence-corrected chi connectivity index (χ3v) is 3.71. The van der Waals surface area contributed by atoms with Crippen LogP contribution in [0, 0.1) is 5.92 Å². The third-order valence-electron chi connectivity index (χ3n) is 3.71. The molecule has 1 aromatic heterocycles. The SMILES string of the molecule is COc1ncccc1CN1CC[C@@H](C)[C@H](OC)C1. The van der Waals surface area contributed by atoms with Crippen LogP contribution < -0.4 is 4.74 Å². The number of pyridine rings is 1. The molecule has 0 spiro atoms. The van der Waals surface area contributed by atoms with Gasteiger partial charge in [-0.25, -0.2) is 4.98 Å². The monoisotopic (exact) mass is 250 g/mol. The van der Waals surface area contributed by atoms with Gasteiger partial charge in [-0.05, 0) is 24.9 Å². The molecule has 0 bridgehead atoms. The maximum absolute atomic E-state index is 5.54. The van der Waals surface area contributed by atoms with Crippen molar-refractivity contribution in [3.05, 3.63) is 23.9 Å². The predicted molar refractivity (Wildman–Crippen MR) is 70.6 cm³/mol.